The molecule has 0 radical (unpaired) electrons. The van der Waals surface area contributed by atoms with Gasteiger partial charge in [-0.05, 0) is 55.8 Å². The predicted octanol–water partition coefficient (Wildman–Crippen LogP) is 2.30. The van der Waals surface area contributed by atoms with Gasteiger partial charge in [-0.15, -0.1) is 0 Å². The van der Waals surface area contributed by atoms with E-state index < -0.39 is 32.9 Å². The quantitative estimate of drug-likeness (QED) is 0.810. The van der Waals surface area contributed by atoms with E-state index in [2.05, 4.69) is 5.32 Å². The van der Waals surface area contributed by atoms with Gasteiger partial charge in [-0.2, -0.15) is 0 Å². The number of anilines is 1. The number of carbonyl (C=O) groups is 1. The Kier molecular flexibility index (Phi) is 5.05. The van der Waals surface area contributed by atoms with Crippen molar-refractivity contribution >= 4 is 21.4 Å². The molecule has 0 fully saturated rings. The summed E-state index contributed by atoms with van der Waals surface area (Å²) in [5.74, 6) is -2.22. The van der Waals surface area contributed by atoms with Gasteiger partial charge in [0.1, 0.15) is 5.82 Å². The molecule has 0 bridgehead atoms. The fourth-order valence-corrected chi connectivity index (χ4v) is 3.74. The molecule has 0 aliphatic heterocycles. The molecule has 1 amide bonds. The lowest BCUT2D eigenvalue weighted by molar-refractivity contribution is -0.130. The van der Waals surface area contributed by atoms with E-state index in [4.69, 9.17) is 0 Å². The second kappa shape index (κ2) is 6.70. The van der Waals surface area contributed by atoms with Gasteiger partial charge in [0.05, 0.1) is 10.6 Å². The maximum atomic E-state index is 12.9. The molecule has 1 atom stereocenters. The highest BCUT2D eigenvalue weighted by atomic mass is 32.2. The van der Waals surface area contributed by atoms with Crippen LogP contribution in [0.2, 0.25) is 0 Å². The van der Waals surface area contributed by atoms with E-state index >= 15 is 0 Å². The first-order valence-electron chi connectivity index (χ1n) is 7.19. The van der Waals surface area contributed by atoms with Crippen molar-refractivity contribution in [2.45, 2.75) is 24.3 Å². The van der Waals surface area contributed by atoms with Crippen LogP contribution in [0.4, 0.5) is 10.1 Å². The van der Waals surface area contributed by atoms with Crippen LogP contribution in [0.5, 0.6) is 0 Å². The lowest BCUT2D eigenvalue weighted by Crippen LogP contribution is -2.45. The average molecular weight is 351 g/mol. The summed E-state index contributed by atoms with van der Waals surface area (Å²) in [6.07, 6.45) is 0. The number of benzene rings is 2. The number of amides is 1. The number of rotatable bonds is 5. The number of hydrogen-bond acceptors (Lipinski definition) is 4. The Morgan fingerprint density at radius 1 is 1.21 bits per heavy atom. The van der Waals surface area contributed by atoms with Gasteiger partial charge in [0.2, 0.25) is 0 Å². The van der Waals surface area contributed by atoms with Gasteiger partial charge in [-0.3, -0.25) is 4.79 Å². The number of aryl methyl sites for hydroxylation is 1. The SMILES string of the molecule is Cc1cccc(NC(=O)[C@@](C)(O)CS(=O)(=O)c2ccc(F)cc2)c1. The highest BCUT2D eigenvalue weighted by Crippen LogP contribution is 2.19. The van der Waals surface area contributed by atoms with Crippen LogP contribution in [-0.4, -0.2) is 30.8 Å². The molecule has 2 N–H and O–H groups in total. The van der Waals surface area contributed by atoms with Gasteiger partial charge in [0.25, 0.3) is 5.91 Å². The standard InChI is InChI=1S/C17H18FNO4S/c1-12-4-3-5-14(10-12)19-16(20)17(2,21)11-24(22,23)15-8-6-13(18)7-9-15/h3-10,21H,11H2,1-2H3,(H,19,20)/t17-/m0/s1. The normalized spacial score (nSPS) is 14.0. The van der Waals surface area contributed by atoms with Crippen LogP contribution in [0.25, 0.3) is 0 Å². The molecule has 0 heterocycles. The van der Waals surface area contributed by atoms with Crippen LogP contribution in [0.1, 0.15) is 12.5 Å². The van der Waals surface area contributed by atoms with Crippen LogP contribution in [0.3, 0.4) is 0 Å². The minimum absolute atomic E-state index is 0.160. The molecule has 0 spiro atoms. The third kappa shape index (κ3) is 4.39. The van der Waals surface area contributed by atoms with E-state index in [1.54, 1.807) is 18.2 Å². The Labute approximate surface area is 140 Å². The van der Waals surface area contributed by atoms with Gasteiger partial charge in [-0.1, -0.05) is 12.1 Å². The minimum atomic E-state index is -3.96. The molecule has 0 aliphatic carbocycles. The molecule has 0 unspecified atom stereocenters. The fourth-order valence-electron chi connectivity index (χ4n) is 2.15. The summed E-state index contributed by atoms with van der Waals surface area (Å²) in [6, 6.07) is 11.1. The molecule has 0 aliphatic rings. The summed E-state index contributed by atoms with van der Waals surface area (Å²) in [5.41, 5.74) is -0.775. The molecule has 24 heavy (non-hydrogen) atoms. The van der Waals surface area contributed by atoms with Crippen LogP contribution in [0, 0.1) is 12.7 Å². The van der Waals surface area contributed by atoms with Crippen molar-refractivity contribution in [3.8, 4) is 0 Å². The molecular formula is C17H18FNO4S. The zero-order chi connectivity index (χ0) is 18.0. The van der Waals surface area contributed by atoms with E-state index in [9.17, 15) is 22.7 Å². The molecule has 2 aromatic rings. The van der Waals surface area contributed by atoms with E-state index in [1.807, 2.05) is 13.0 Å². The van der Waals surface area contributed by atoms with E-state index in [0.717, 1.165) is 36.8 Å². The monoisotopic (exact) mass is 351 g/mol. The summed E-state index contributed by atoms with van der Waals surface area (Å²) in [4.78, 5) is 12.1. The Morgan fingerprint density at radius 2 is 1.83 bits per heavy atom. The Balaban J connectivity index is 2.17. The molecule has 0 saturated carbocycles. The summed E-state index contributed by atoms with van der Waals surface area (Å²) in [6.45, 7) is 2.96. The number of sulfone groups is 1. The third-order valence-electron chi connectivity index (χ3n) is 3.41. The third-order valence-corrected chi connectivity index (χ3v) is 5.34. The number of hydrogen-bond donors (Lipinski definition) is 2. The number of halogens is 1. The lowest BCUT2D eigenvalue weighted by atomic mass is 10.1. The summed E-state index contributed by atoms with van der Waals surface area (Å²) >= 11 is 0. The second-order valence-corrected chi connectivity index (χ2v) is 7.80. The lowest BCUT2D eigenvalue weighted by Gasteiger charge is -2.22. The maximum absolute atomic E-state index is 12.9. The predicted molar refractivity (Wildman–Crippen MR) is 88.9 cm³/mol. The molecular weight excluding hydrogens is 333 g/mol. The molecule has 128 valence electrons. The fraction of sp³-hybridized carbons (Fsp3) is 0.235. The minimum Gasteiger partial charge on any atom is -0.379 e. The Hall–Kier alpha value is -2.25. The van der Waals surface area contributed by atoms with Gasteiger partial charge in [0, 0.05) is 5.69 Å². The molecule has 0 aromatic heterocycles. The largest absolute Gasteiger partial charge is 0.379 e. The molecule has 2 rings (SSSR count). The smallest absolute Gasteiger partial charge is 0.257 e. The Bertz CT molecular complexity index is 845. The van der Waals surface area contributed by atoms with Gasteiger partial charge < -0.3 is 10.4 Å². The number of nitrogens with one attached hydrogen (secondary N) is 1. The van der Waals surface area contributed by atoms with Crippen molar-refractivity contribution in [2.24, 2.45) is 0 Å². The van der Waals surface area contributed by atoms with Crippen molar-refractivity contribution in [1.29, 1.82) is 0 Å². The zero-order valence-electron chi connectivity index (χ0n) is 13.3. The van der Waals surface area contributed by atoms with Crippen LogP contribution in [-0.2, 0) is 14.6 Å². The second-order valence-electron chi connectivity index (χ2n) is 5.81. The first kappa shape index (κ1) is 18.1. The zero-order valence-corrected chi connectivity index (χ0v) is 14.1. The van der Waals surface area contributed by atoms with Crippen LogP contribution < -0.4 is 5.32 Å². The van der Waals surface area contributed by atoms with E-state index in [-0.39, 0.29) is 4.90 Å². The Morgan fingerprint density at radius 3 is 2.42 bits per heavy atom. The molecule has 5 nitrogen and oxygen atoms in total. The van der Waals surface area contributed by atoms with Crippen LogP contribution in [0.15, 0.2) is 53.4 Å². The first-order valence-corrected chi connectivity index (χ1v) is 8.84. The maximum Gasteiger partial charge on any atom is 0.257 e. The first-order chi connectivity index (χ1) is 11.1. The van der Waals surface area contributed by atoms with Crippen molar-refractivity contribution in [2.75, 3.05) is 11.1 Å². The topological polar surface area (TPSA) is 83.5 Å². The molecule has 0 saturated heterocycles. The van der Waals surface area contributed by atoms with E-state index in [0.29, 0.717) is 5.69 Å². The van der Waals surface area contributed by atoms with Crippen LogP contribution >= 0.6 is 0 Å². The average Bonchev–Trinajstić information content (AvgIpc) is 2.46. The molecule has 7 heteroatoms. The van der Waals surface area contributed by atoms with Gasteiger partial charge in [0.15, 0.2) is 15.4 Å². The summed E-state index contributed by atoms with van der Waals surface area (Å²) in [5, 5.41) is 12.8. The summed E-state index contributed by atoms with van der Waals surface area (Å²) in [7, 11) is -3.96. The van der Waals surface area contributed by atoms with Gasteiger partial charge in [-0.25, -0.2) is 12.8 Å². The highest BCUT2D eigenvalue weighted by molar-refractivity contribution is 7.91. The van der Waals surface area contributed by atoms with Crippen molar-refractivity contribution in [3.63, 3.8) is 0 Å². The van der Waals surface area contributed by atoms with Gasteiger partial charge >= 0.3 is 0 Å². The molecule has 2 aromatic carbocycles. The van der Waals surface area contributed by atoms with Crippen molar-refractivity contribution in [3.05, 3.63) is 59.9 Å². The highest BCUT2D eigenvalue weighted by Gasteiger charge is 2.36. The van der Waals surface area contributed by atoms with Crippen molar-refractivity contribution < 1.29 is 22.7 Å². The van der Waals surface area contributed by atoms with Crippen molar-refractivity contribution in [1.82, 2.24) is 0 Å². The number of aliphatic hydroxyl groups is 1. The summed E-state index contributed by atoms with van der Waals surface area (Å²) < 4.78 is 37.5. The van der Waals surface area contributed by atoms with E-state index in [1.165, 1.54) is 0 Å². The number of carbonyl (C=O) groups excluding carboxylic acids is 1.